The third-order valence-electron chi connectivity index (χ3n) is 9.23. The van der Waals surface area contributed by atoms with E-state index in [-0.39, 0.29) is 5.41 Å². The van der Waals surface area contributed by atoms with Gasteiger partial charge in [-0.25, -0.2) is 0 Å². The first-order valence-corrected chi connectivity index (χ1v) is 18.0. The van der Waals surface area contributed by atoms with Crippen LogP contribution in [0.1, 0.15) is 77.0 Å². The van der Waals surface area contributed by atoms with Crippen molar-refractivity contribution in [2.45, 2.75) is 77.0 Å². The molecule has 0 amide bonds. The second kappa shape index (κ2) is 12.8. The third kappa shape index (κ3) is 7.40. The highest BCUT2D eigenvalue weighted by molar-refractivity contribution is 7.86. The van der Waals surface area contributed by atoms with E-state index in [1.807, 2.05) is 6.07 Å². The van der Waals surface area contributed by atoms with Gasteiger partial charge >= 0.3 is 10.2 Å². The van der Waals surface area contributed by atoms with Crippen LogP contribution in [0.4, 0.5) is 0 Å². The molecule has 9 nitrogen and oxygen atoms in total. The van der Waals surface area contributed by atoms with E-state index in [0.29, 0.717) is 45.2 Å². The lowest BCUT2D eigenvalue weighted by molar-refractivity contribution is -0.516. The predicted octanol–water partition coefficient (Wildman–Crippen LogP) is 2.86. The van der Waals surface area contributed by atoms with Crippen molar-refractivity contribution in [1.82, 2.24) is 17.8 Å². The molecule has 11 heteroatoms. The fraction of sp³-hybridized carbons (Fsp3) is 0.821. The maximum absolute atomic E-state index is 13.9. The van der Waals surface area contributed by atoms with Crippen LogP contribution in [-0.2, 0) is 20.4 Å². The standard InChI is InChI=1S/C28H48N5O4S2/c34-38(35,30-18-6-2-7-19-30)32-22-10-16-29(24-27-12-4-1-5-13-27)17-11-23-33(26-28(25-32)14-15-28)39(36,37)31-20-8-3-9-21-31/h2,6-7,18-19,27H,1,3-5,8-17,20-26H2/q+1. The van der Waals surface area contributed by atoms with E-state index in [2.05, 4.69) is 4.90 Å². The van der Waals surface area contributed by atoms with E-state index in [0.717, 1.165) is 64.6 Å². The number of pyridine rings is 1. The maximum atomic E-state index is 13.9. The summed E-state index contributed by atoms with van der Waals surface area (Å²) in [6.45, 7) is 5.63. The fourth-order valence-electron chi connectivity index (χ4n) is 6.74. The van der Waals surface area contributed by atoms with Gasteiger partial charge in [0.05, 0.1) is 0 Å². The minimum absolute atomic E-state index is 0.313. The Bertz CT molecular complexity index is 1130. The molecule has 1 aromatic rings. The van der Waals surface area contributed by atoms with E-state index in [4.69, 9.17) is 0 Å². The Kier molecular flexibility index (Phi) is 9.66. The topological polar surface area (TPSA) is 85.1 Å². The van der Waals surface area contributed by atoms with Crippen molar-refractivity contribution in [3.8, 4) is 0 Å². The Morgan fingerprint density at radius 1 is 0.641 bits per heavy atom. The lowest BCUT2D eigenvalue weighted by Crippen LogP contribution is -2.56. The third-order valence-corrected chi connectivity index (χ3v) is 13.0. The molecular formula is C28H48N5O4S2+. The first kappa shape index (κ1) is 29.4. The maximum Gasteiger partial charge on any atom is 0.447 e. The lowest BCUT2D eigenvalue weighted by atomic mass is 9.89. The molecule has 0 radical (unpaired) electrons. The number of aromatic nitrogens is 1. The van der Waals surface area contributed by atoms with Crippen LogP contribution < -0.4 is 3.97 Å². The molecule has 4 fully saturated rings. The van der Waals surface area contributed by atoms with Gasteiger partial charge in [0.25, 0.3) is 10.2 Å². The van der Waals surface area contributed by atoms with Crippen molar-refractivity contribution >= 4 is 20.4 Å². The quantitative estimate of drug-likeness (QED) is 0.482. The average Bonchev–Trinajstić information content (AvgIpc) is 3.71. The number of nitrogens with zero attached hydrogens (tertiary/aromatic N) is 5. The first-order chi connectivity index (χ1) is 18.8. The van der Waals surface area contributed by atoms with Crippen LogP contribution in [0, 0.1) is 11.3 Å². The van der Waals surface area contributed by atoms with Gasteiger partial charge in [0.2, 0.25) is 0 Å². The van der Waals surface area contributed by atoms with Crippen molar-refractivity contribution < 1.29 is 20.8 Å². The minimum Gasteiger partial charge on any atom is -0.303 e. The summed E-state index contributed by atoms with van der Waals surface area (Å²) < 4.78 is 61.6. The van der Waals surface area contributed by atoms with Crippen LogP contribution in [0.2, 0.25) is 0 Å². The molecule has 0 aromatic carbocycles. The van der Waals surface area contributed by atoms with Gasteiger partial charge in [0.1, 0.15) is 0 Å². The smallest absolute Gasteiger partial charge is 0.303 e. The van der Waals surface area contributed by atoms with Crippen LogP contribution in [0.25, 0.3) is 0 Å². The summed E-state index contributed by atoms with van der Waals surface area (Å²) in [4.78, 5) is 2.48. The predicted molar refractivity (Wildman–Crippen MR) is 152 cm³/mol. The van der Waals surface area contributed by atoms with Crippen molar-refractivity contribution in [1.29, 1.82) is 0 Å². The van der Waals surface area contributed by atoms with Gasteiger partial charge in [0, 0.05) is 57.9 Å². The van der Waals surface area contributed by atoms with E-state index in [1.165, 1.54) is 36.1 Å². The normalized spacial score (nSPS) is 26.2. The highest BCUT2D eigenvalue weighted by Crippen LogP contribution is 2.48. The highest BCUT2D eigenvalue weighted by atomic mass is 32.2. The summed E-state index contributed by atoms with van der Waals surface area (Å²) in [5.41, 5.74) is -0.313. The molecule has 5 rings (SSSR count). The zero-order chi connectivity index (χ0) is 27.3. The van der Waals surface area contributed by atoms with Crippen LogP contribution in [0.15, 0.2) is 30.6 Å². The zero-order valence-electron chi connectivity index (χ0n) is 23.5. The van der Waals surface area contributed by atoms with Crippen LogP contribution in [-0.4, -0.2) is 93.6 Å². The Morgan fingerprint density at radius 2 is 1.21 bits per heavy atom. The van der Waals surface area contributed by atoms with Gasteiger partial charge in [-0.2, -0.15) is 17.0 Å². The van der Waals surface area contributed by atoms with Crippen molar-refractivity contribution in [3.05, 3.63) is 30.6 Å². The van der Waals surface area contributed by atoms with Crippen molar-refractivity contribution in [3.63, 3.8) is 0 Å². The molecule has 3 heterocycles. The summed E-state index contributed by atoms with van der Waals surface area (Å²) >= 11 is 0. The van der Waals surface area contributed by atoms with Gasteiger partial charge in [-0.15, -0.1) is 12.7 Å². The van der Waals surface area contributed by atoms with Crippen LogP contribution in [0.5, 0.6) is 0 Å². The Hall–Kier alpha value is -1.11. The Morgan fingerprint density at radius 3 is 1.85 bits per heavy atom. The molecule has 0 unspecified atom stereocenters. The molecule has 0 N–H and O–H groups in total. The van der Waals surface area contributed by atoms with Gasteiger partial charge in [-0.1, -0.05) is 35.7 Å². The monoisotopic (exact) mass is 582 g/mol. The molecule has 39 heavy (non-hydrogen) atoms. The van der Waals surface area contributed by atoms with E-state index >= 15 is 0 Å². The molecule has 1 spiro atoms. The second-order valence-corrected chi connectivity index (χ2v) is 16.1. The fourth-order valence-corrected chi connectivity index (χ4v) is 10.1. The first-order valence-electron chi connectivity index (χ1n) is 15.2. The molecule has 220 valence electrons. The SMILES string of the molecule is O=S(=O)(N1CCCCC1)N1CCCN(CC2CCCCC2)CCCN(S(=O)(=O)[n+]2ccccc2)CC2(CC2)C1. The average molecular weight is 583 g/mol. The molecule has 2 aliphatic heterocycles. The second-order valence-electron chi connectivity index (χ2n) is 12.4. The van der Waals surface area contributed by atoms with Crippen molar-refractivity contribution in [2.75, 3.05) is 58.9 Å². The number of piperidine rings is 1. The molecule has 2 aliphatic carbocycles. The van der Waals surface area contributed by atoms with E-state index < -0.39 is 20.4 Å². The van der Waals surface area contributed by atoms with Gasteiger partial charge in [0.15, 0.2) is 12.4 Å². The van der Waals surface area contributed by atoms with Crippen LogP contribution >= 0.6 is 0 Å². The molecule has 4 aliphatic rings. The lowest BCUT2D eigenvalue weighted by Gasteiger charge is -2.36. The largest absolute Gasteiger partial charge is 0.447 e. The molecular weight excluding hydrogens is 534 g/mol. The molecule has 2 saturated heterocycles. The van der Waals surface area contributed by atoms with Crippen molar-refractivity contribution in [2.24, 2.45) is 11.3 Å². The summed E-state index contributed by atoms with van der Waals surface area (Å²) in [5, 5.41) is 0. The molecule has 1 aromatic heterocycles. The highest BCUT2D eigenvalue weighted by Gasteiger charge is 2.50. The van der Waals surface area contributed by atoms with Crippen LogP contribution in [0.3, 0.4) is 0 Å². The summed E-state index contributed by atoms with van der Waals surface area (Å²) in [6, 6.07) is 5.29. The summed E-state index contributed by atoms with van der Waals surface area (Å²) in [5.74, 6) is 0.689. The molecule has 0 atom stereocenters. The summed E-state index contributed by atoms with van der Waals surface area (Å²) in [6.07, 6.45) is 15.8. The number of hydrogen-bond acceptors (Lipinski definition) is 5. The Balaban J connectivity index is 1.39. The number of hydrogen-bond donors (Lipinski definition) is 0. The van der Waals surface area contributed by atoms with Gasteiger partial charge in [-0.05, 0) is 75.8 Å². The molecule has 2 saturated carbocycles. The van der Waals surface area contributed by atoms with Gasteiger partial charge in [-0.3, -0.25) is 0 Å². The summed E-state index contributed by atoms with van der Waals surface area (Å²) in [7, 11) is -7.33. The Labute approximate surface area is 236 Å². The van der Waals surface area contributed by atoms with E-state index in [9.17, 15) is 16.8 Å². The number of rotatable bonds is 6. The molecule has 0 bridgehead atoms. The zero-order valence-corrected chi connectivity index (χ0v) is 25.1. The van der Waals surface area contributed by atoms with Gasteiger partial charge < -0.3 is 4.90 Å². The minimum atomic E-state index is -3.75. The van der Waals surface area contributed by atoms with E-state index in [1.54, 1.807) is 37.4 Å².